The summed E-state index contributed by atoms with van der Waals surface area (Å²) in [7, 11) is 0. The minimum Gasteiger partial charge on any atom is -0.461 e. The van der Waals surface area contributed by atoms with E-state index in [4.69, 9.17) is 9.47 Å². The fourth-order valence-corrected chi connectivity index (χ4v) is 4.06. The van der Waals surface area contributed by atoms with E-state index in [1.807, 2.05) is 0 Å². The summed E-state index contributed by atoms with van der Waals surface area (Å²) in [4.78, 5) is 38.9. The first-order valence-electron chi connectivity index (χ1n) is 11.1. The van der Waals surface area contributed by atoms with E-state index >= 15 is 0 Å². The Morgan fingerprint density at radius 2 is 2.06 bits per heavy atom. The third-order valence-electron chi connectivity index (χ3n) is 5.92. The molecule has 1 aromatic rings. The van der Waals surface area contributed by atoms with Crippen molar-refractivity contribution in [2.45, 2.75) is 70.7 Å². The average molecular weight is 452 g/mol. The van der Waals surface area contributed by atoms with Crippen molar-refractivity contribution in [3.8, 4) is 0 Å². The number of rotatable bonds is 9. The van der Waals surface area contributed by atoms with Crippen molar-refractivity contribution in [3.63, 3.8) is 0 Å². The van der Waals surface area contributed by atoms with Crippen LogP contribution in [0.3, 0.4) is 0 Å². The number of halogens is 2. The van der Waals surface area contributed by atoms with Gasteiger partial charge in [-0.1, -0.05) is 26.0 Å². The largest absolute Gasteiger partial charge is 0.461 e. The molecule has 3 rings (SSSR count). The standard InChI is InChI=1S/C23H30F2N2O5/c1-14(2)22(23(30)32-13-17-6-4-10-31-17)26-19(28)11-16-8-9-20(29)27(16)12-15-5-3-7-18(24)21(15)25/h3,5,7,14,16-17,22H,4,6,8-13H2,1-2H3,(H,26,28)/t16-,17?,22-/m0/s1. The average Bonchev–Trinajstić information content (AvgIpc) is 3.38. The van der Waals surface area contributed by atoms with Gasteiger partial charge in [0.15, 0.2) is 11.6 Å². The van der Waals surface area contributed by atoms with E-state index in [-0.39, 0.29) is 49.5 Å². The number of nitrogens with one attached hydrogen (secondary N) is 1. The minimum absolute atomic E-state index is 0.0368. The Hall–Kier alpha value is -2.55. The maximum Gasteiger partial charge on any atom is 0.328 e. The normalized spacial score (nSPS) is 21.8. The topological polar surface area (TPSA) is 84.9 Å². The van der Waals surface area contributed by atoms with Crippen LogP contribution in [0, 0.1) is 17.6 Å². The van der Waals surface area contributed by atoms with Gasteiger partial charge in [-0.2, -0.15) is 0 Å². The zero-order chi connectivity index (χ0) is 23.3. The molecule has 3 atom stereocenters. The van der Waals surface area contributed by atoms with Crippen molar-refractivity contribution < 1.29 is 32.6 Å². The van der Waals surface area contributed by atoms with Crippen LogP contribution in [-0.4, -0.2) is 54.1 Å². The van der Waals surface area contributed by atoms with E-state index < -0.39 is 35.6 Å². The Morgan fingerprint density at radius 1 is 1.28 bits per heavy atom. The second kappa shape index (κ2) is 10.8. The van der Waals surface area contributed by atoms with Gasteiger partial charge in [0.1, 0.15) is 12.6 Å². The summed E-state index contributed by atoms with van der Waals surface area (Å²) < 4.78 is 38.4. The predicted octanol–water partition coefficient (Wildman–Crippen LogP) is 2.71. The second-order valence-corrected chi connectivity index (χ2v) is 8.69. The molecule has 1 N–H and O–H groups in total. The molecule has 0 radical (unpaired) electrons. The Balaban J connectivity index is 1.57. The maximum atomic E-state index is 14.1. The quantitative estimate of drug-likeness (QED) is 0.583. The van der Waals surface area contributed by atoms with Gasteiger partial charge in [-0.3, -0.25) is 9.59 Å². The fourth-order valence-electron chi connectivity index (χ4n) is 4.06. The molecular weight excluding hydrogens is 422 g/mol. The highest BCUT2D eigenvalue weighted by atomic mass is 19.2. The van der Waals surface area contributed by atoms with Crippen LogP contribution in [0.2, 0.25) is 0 Å². The van der Waals surface area contributed by atoms with Gasteiger partial charge in [0.05, 0.1) is 6.10 Å². The van der Waals surface area contributed by atoms with E-state index in [2.05, 4.69) is 5.32 Å². The molecule has 1 unspecified atom stereocenters. The number of carbonyl (C=O) groups is 3. The van der Waals surface area contributed by atoms with Crippen molar-refractivity contribution in [1.82, 2.24) is 10.2 Å². The number of ether oxygens (including phenoxy) is 2. The van der Waals surface area contributed by atoms with Crippen molar-refractivity contribution in [1.29, 1.82) is 0 Å². The van der Waals surface area contributed by atoms with Crippen LogP contribution < -0.4 is 5.32 Å². The minimum atomic E-state index is -0.996. The predicted molar refractivity (Wildman–Crippen MR) is 111 cm³/mol. The summed E-state index contributed by atoms with van der Waals surface area (Å²) in [6, 6.07) is 2.53. The van der Waals surface area contributed by atoms with Crippen LogP contribution in [0.4, 0.5) is 8.78 Å². The third-order valence-corrected chi connectivity index (χ3v) is 5.92. The van der Waals surface area contributed by atoms with Crippen molar-refractivity contribution in [2.75, 3.05) is 13.2 Å². The van der Waals surface area contributed by atoms with Crippen LogP contribution in [0.25, 0.3) is 0 Å². The molecule has 0 bridgehead atoms. The molecule has 0 aromatic heterocycles. The second-order valence-electron chi connectivity index (χ2n) is 8.69. The number of benzene rings is 1. The summed E-state index contributed by atoms with van der Waals surface area (Å²) in [5.74, 6) is -3.32. The number of likely N-dealkylation sites (tertiary alicyclic amines) is 1. The van der Waals surface area contributed by atoms with Crippen molar-refractivity contribution >= 4 is 17.8 Å². The number of amides is 2. The van der Waals surface area contributed by atoms with Gasteiger partial charge in [0.2, 0.25) is 11.8 Å². The SMILES string of the molecule is CC(C)[C@H](NC(=O)C[C@@H]1CCC(=O)N1Cc1cccc(F)c1F)C(=O)OCC1CCCO1. The van der Waals surface area contributed by atoms with Gasteiger partial charge >= 0.3 is 5.97 Å². The Labute approximate surface area is 186 Å². The lowest BCUT2D eigenvalue weighted by molar-refractivity contribution is -0.152. The van der Waals surface area contributed by atoms with Gasteiger partial charge in [-0.15, -0.1) is 0 Å². The first kappa shape index (κ1) is 24.1. The lowest BCUT2D eigenvalue weighted by Gasteiger charge is -2.26. The first-order valence-corrected chi connectivity index (χ1v) is 11.1. The monoisotopic (exact) mass is 452 g/mol. The van der Waals surface area contributed by atoms with Gasteiger partial charge in [-0.25, -0.2) is 13.6 Å². The van der Waals surface area contributed by atoms with Crippen molar-refractivity contribution in [2.24, 2.45) is 5.92 Å². The van der Waals surface area contributed by atoms with Crippen LogP contribution in [0.5, 0.6) is 0 Å². The lowest BCUT2D eigenvalue weighted by Crippen LogP contribution is -2.47. The molecule has 176 valence electrons. The summed E-state index contributed by atoms with van der Waals surface area (Å²) in [5, 5.41) is 2.71. The van der Waals surface area contributed by atoms with E-state index in [9.17, 15) is 23.2 Å². The number of carbonyl (C=O) groups excluding carboxylic acids is 3. The molecule has 9 heteroatoms. The van der Waals surface area contributed by atoms with Crippen LogP contribution in [-0.2, 0) is 30.4 Å². The highest BCUT2D eigenvalue weighted by molar-refractivity contribution is 5.86. The van der Waals surface area contributed by atoms with Gasteiger partial charge < -0.3 is 19.7 Å². The molecule has 1 aromatic carbocycles. The first-order chi connectivity index (χ1) is 15.3. The third kappa shape index (κ3) is 6.03. The molecule has 2 heterocycles. The highest BCUT2D eigenvalue weighted by Gasteiger charge is 2.35. The fraction of sp³-hybridized carbons (Fsp3) is 0.609. The number of esters is 1. The summed E-state index contributed by atoms with van der Waals surface area (Å²) >= 11 is 0. The van der Waals surface area contributed by atoms with E-state index in [0.717, 1.165) is 18.9 Å². The van der Waals surface area contributed by atoms with Crippen molar-refractivity contribution in [3.05, 3.63) is 35.4 Å². The number of hydrogen-bond donors (Lipinski definition) is 1. The van der Waals surface area contributed by atoms with Gasteiger partial charge in [-0.05, 0) is 31.2 Å². The zero-order valence-electron chi connectivity index (χ0n) is 18.4. The summed E-state index contributed by atoms with van der Waals surface area (Å²) in [6.45, 7) is 4.30. The van der Waals surface area contributed by atoms with E-state index in [1.54, 1.807) is 13.8 Å². The van der Waals surface area contributed by atoms with Gasteiger partial charge in [0.25, 0.3) is 0 Å². The maximum absolute atomic E-state index is 14.1. The molecule has 2 aliphatic rings. The van der Waals surface area contributed by atoms with Crippen LogP contribution in [0.15, 0.2) is 18.2 Å². The Morgan fingerprint density at radius 3 is 2.75 bits per heavy atom. The molecular formula is C23H30F2N2O5. The number of nitrogens with zero attached hydrogens (tertiary/aromatic N) is 1. The highest BCUT2D eigenvalue weighted by Crippen LogP contribution is 2.25. The lowest BCUT2D eigenvalue weighted by atomic mass is 10.0. The zero-order valence-corrected chi connectivity index (χ0v) is 18.4. The molecule has 2 amide bonds. The van der Waals surface area contributed by atoms with E-state index in [1.165, 1.54) is 17.0 Å². The number of hydrogen-bond acceptors (Lipinski definition) is 5. The molecule has 0 spiro atoms. The smallest absolute Gasteiger partial charge is 0.328 e. The summed E-state index contributed by atoms with van der Waals surface area (Å²) in [6.07, 6.45) is 2.28. The molecule has 2 saturated heterocycles. The molecule has 2 aliphatic heterocycles. The molecule has 0 saturated carbocycles. The van der Waals surface area contributed by atoms with Crippen LogP contribution >= 0.6 is 0 Å². The Kier molecular flexibility index (Phi) is 8.17. The van der Waals surface area contributed by atoms with Gasteiger partial charge in [0, 0.05) is 37.6 Å². The summed E-state index contributed by atoms with van der Waals surface area (Å²) in [5.41, 5.74) is 0.0587. The van der Waals surface area contributed by atoms with Crippen LogP contribution in [0.1, 0.15) is 51.5 Å². The Bertz CT molecular complexity index is 842. The van der Waals surface area contributed by atoms with E-state index in [0.29, 0.717) is 13.0 Å². The molecule has 32 heavy (non-hydrogen) atoms. The molecule has 2 fully saturated rings. The molecule has 0 aliphatic carbocycles. The molecule has 7 nitrogen and oxygen atoms in total.